The number of piperidine rings is 1. The van der Waals surface area contributed by atoms with Gasteiger partial charge in [-0.1, -0.05) is 0 Å². The van der Waals surface area contributed by atoms with E-state index >= 15 is 0 Å². The first-order chi connectivity index (χ1) is 9.70. The van der Waals surface area contributed by atoms with Crippen LogP contribution in [0.4, 0.5) is 4.79 Å². The maximum Gasteiger partial charge on any atom is 0.409 e. The number of methoxy groups -OCH3 is 1. The molecule has 6 nitrogen and oxygen atoms in total. The third-order valence-corrected chi connectivity index (χ3v) is 4.23. The first-order valence-electron chi connectivity index (χ1n) is 7.52. The molecular weight excluding hydrogens is 258 g/mol. The minimum atomic E-state index is -0.301. The molecule has 0 bridgehead atoms. The van der Waals surface area contributed by atoms with Gasteiger partial charge in [-0.15, -0.1) is 0 Å². The van der Waals surface area contributed by atoms with E-state index < -0.39 is 0 Å². The summed E-state index contributed by atoms with van der Waals surface area (Å²) in [5.41, 5.74) is 0. The lowest BCUT2D eigenvalue weighted by Gasteiger charge is -2.34. The van der Waals surface area contributed by atoms with E-state index in [4.69, 9.17) is 0 Å². The Morgan fingerprint density at radius 3 is 2.50 bits per heavy atom. The quantitative estimate of drug-likeness (QED) is 0.827. The summed E-state index contributed by atoms with van der Waals surface area (Å²) in [6.45, 7) is 4.55. The maximum absolute atomic E-state index is 12.2. The molecule has 1 atom stereocenters. The van der Waals surface area contributed by atoms with E-state index in [1.165, 1.54) is 20.0 Å². The van der Waals surface area contributed by atoms with Gasteiger partial charge in [0.2, 0.25) is 5.91 Å². The molecule has 2 rings (SSSR count). The lowest BCUT2D eigenvalue weighted by atomic mass is 9.94. The van der Waals surface area contributed by atoms with Crippen LogP contribution < -0.4 is 5.32 Å². The van der Waals surface area contributed by atoms with Crippen molar-refractivity contribution in [2.45, 2.75) is 25.7 Å². The van der Waals surface area contributed by atoms with Gasteiger partial charge in [0.1, 0.15) is 0 Å². The van der Waals surface area contributed by atoms with Crippen LogP contribution in [0.1, 0.15) is 25.7 Å². The second-order valence-electron chi connectivity index (χ2n) is 5.59. The van der Waals surface area contributed by atoms with Gasteiger partial charge in [-0.3, -0.25) is 4.79 Å². The van der Waals surface area contributed by atoms with Crippen molar-refractivity contribution < 1.29 is 14.3 Å². The van der Waals surface area contributed by atoms with E-state index in [1.807, 2.05) is 4.90 Å². The van der Waals surface area contributed by atoms with Crippen molar-refractivity contribution in [1.29, 1.82) is 0 Å². The molecule has 2 aliphatic rings. The highest BCUT2D eigenvalue weighted by Gasteiger charge is 2.25. The van der Waals surface area contributed by atoms with Crippen LogP contribution in [-0.2, 0) is 9.53 Å². The summed E-state index contributed by atoms with van der Waals surface area (Å²) in [5, 5.41) is 3.38. The van der Waals surface area contributed by atoms with E-state index in [2.05, 4.69) is 10.1 Å². The second-order valence-corrected chi connectivity index (χ2v) is 5.59. The van der Waals surface area contributed by atoms with Crippen LogP contribution in [0.5, 0.6) is 0 Å². The van der Waals surface area contributed by atoms with E-state index in [1.54, 1.807) is 4.90 Å². The van der Waals surface area contributed by atoms with E-state index in [9.17, 15) is 9.59 Å². The summed E-state index contributed by atoms with van der Waals surface area (Å²) < 4.78 is 4.69. The highest BCUT2D eigenvalue weighted by atomic mass is 16.5. The zero-order chi connectivity index (χ0) is 14.4. The fourth-order valence-electron chi connectivity index (χ4n) is 2.92. The third-order valence-electron chi connectivity index (χ3n) is 4.23. The van der Waals surface area contributed by atoms with Gasteiger partial charge in [-0.2, -0.15) is 0 Å². The molecule has 0 aromatic rings. The Morgan fingerprint density at radius 1 is 1.20 bits per heavy atom. The number of hydrogen-bond acceptors (Lipinski definition) is 4. The molecule has 6 heteroatoms. The maximum atomic E-state index is 12.2. The van der Waals surface area contributed by atoms with Gasteiger partial charge in [0.25, 0.3) is 0 Å². The predicted molar refractivity (Wildman–Crippen MR) is 75.4 cm³/mol. The molecule has 1 unspecified atom stereocenters. The number of carbonyl (C=O) groups is 2. The van der Waals surface area contributed by atoms with Crippen LogP contribution in [0, 0.1) is 5.92 Å². The van der Waals surface area contributed by atoms with E-state index in [-0.39, 0.29) is 12.0 Å². The zero-order valence-corrected chi connectivity index (χ0v) is 12.3. The average molecular weight is 283 g/mol. The SMILES string of the molecule is COC(=O)N1CCN(C(=O)CCC2CCCNC2)CC1. The first-order valence-corrected chi connectivity index (χ1v) is 7.52. The molecule has 0 aliphatic carbocycles. The molecule has 2 fully saturated rings. The van der Waals surface area contributed by atoms with Crippen LogP contribution in [0.15, 0.2) is 0 Å². The van der Waals surface area contributed by atoms with Gasteiger partial charge in [-0.25, -0.2) is 4.79 Å². The monoisotopic (exact) mass is 283 g/mol. The standard InChI is InChI=1S/C14H25N3O3/c1-20-14(19)17-9-7-16(8-10-17)13(18)5-4-12-3-2-6-15-11-12/h12,15H,2-11H2,1H3. The van der Waals surface area contributed by atoms with Crippen LogP contribution in [0.2, 0.25) is 0 Å². The van der Waals surface area contributed by atoms with Crippen molar-refractivity contribution in [3.05, 3.63) is 0 Å². The fraction of sp³-hybridized carbons (Fsp3) is 0.857. The third kappa shape index (κ3) is 4.10. The minimum Gasteiger partial charge on any atom is -0.453 e. The van der Waals surface area contributed by atoms with Crippen molar-refractivity contribution in [3.8, 4) is 0 Å². The van der Waals surface area contributed by atoms with Crippen molar-refractivity contribution in [3.63, 3.8) is 0 Å². The van der Waals surface area contributed by atoms with Crippen LogP contribution >= 0.6 is 0 Å². The first kappa shape index (κ1) is 15.1. The van der Waals surface area contributed by atoms with Crippen molar-refractivity contribution in [2.24, 2.45) is 5.92 Å². The molecule has 2 amide bonds. The Labute approximate surface area is 120 Å². The molecule has 0 radical (unpaired) electrons. The second kappa shape index (κ2) is 7.47. The predicted octanol–water partition coefficient (Wildman–Crippen LogP) is 0.677. The van der Waals surface area contributed by atoms with Crippen LogP contribution in [0.3, 0.4) is 0 Å². The van der Waals surface area contributed by atoms with E-state index in [0.717, 1.165) is 19.5 Å². The fourth-order valence-corrected chi connectivity index (χ4v) is 2.92. The normalized spacial score (nSPS) is 23.6. The van der Waals surface area contributed by atoms with Gasteiger partial charge < -0.3 is 19.9 Å². The van der Waals surface area contributed by atoms with Gasteiger partial charge in [0, 0.05) is 32.6 Å². The summed E-state index contributed by atoms with van der Waals surface area (Å²) in [5.74, 6) is 0.865. The molecular formula is C14H25N3O3. The molecule has 1 N–H and O–H groups in total. The summed E-state index contributed by atoms with van der Waals surface area (Å²) in [6.07, 6.45) is 3.76. The zero-order valence-electron chi connectivity index (χ0n) is 12.3. The molecule has 2 saturated heterocycles. The smallest absolute Gasteiger partial charge is 0.409 e. The van der Waals surface area contributed by atoms with Crippen molar-refractivity contribution in [2.75, 3.05) is 46.4 Å². The number of amides is 2. The molecule has 0 aromatic carbocycles. The molecule has 114 valence electrons. The molecule has 20 heavy (non-hydrogen) atoms. The highest BCUT2D eigenvalue weighted by Crippen LogP contribution is 2.17. The lowest BCUT2D eigenvalue weighted by Crippen LogP contribution is -2.50. The van der Waals surface area contributed by atoms with Gasteiger partial charge in [0.15, 0.2) is 0 Å². The molecule has 0 aromatic heterocycles. The van der Waals surface area contributed by atoms with Gasteiger partial charge in [-0.05, 0) is 38.3 Å². The molecule has 2 heterocycles. The Morgan fingerprint density at radius 2 is 1.90 bits per heavy atom. The number of rotatable bonds is 3. The largest absolute Gasteiger partial charge is 0.453 e. The summed E-state index contributed by atoms with van der Waals surface area (Å²) in [7, 11) is 1.39. The highest BCUT2D eigenvalue weighted by molar-refractivity contribution is 5.76. The Balaban J connectivity index is 1.67. The summed E-state index contributed by atoms with van der Waals surface area (Å²) in [6, 6.07) is 0. The lowest BCUT2D eigenvalue weighted by molar-refractivity contribution is -0.133. The summed E-state index contributed by atoms with van der Waals surface area (Å²) in [4.78, 5) is 27.0. The summed E-state index contributed by atoms with van der Waals surface area (Å²) >= 11 is 0. The molecule has 2 aliphatic heterocycles. The number of nitrogens with one attached hydrogen (secondary N) is 1. The topological polar surface area (TPSA) is 61.9 Å². The Hall–Kier alpha value is -1.30. The average Bonchev–Trinajstić information content (AvgIpc) is 2.53. The number of piperazine rings is 1. The van der Waals surface area contributed by atoms with Crippen LogP contribution in [0.25, 0.3) is 0 Å². The Bertz CT molecular complexity index is 335. The van der Waals surface area contributed by atoms with Crippen LogP contribution in [-0.4, -0.2) is 68.2 Å². The number of carbonyl (C=O) groups excluding carboxylic acids is 2. The Kier molecular flexibility index (Phi) is 5.64. The molecule has 0 spiro atoms. The van der Waals surface area contributed by atoms with E-state index in [0.29, 0.717) is 38.5 Å². The van der Waals surface area contributed by atoms with Crippen molar-refractivity contribution >= 4 is 12.0 Å². The van der Waals surface area contributed by atoms with Crippen molar-refractivity contribution in [1.82, 2.24) is 15.1 Å². The molecule has 0 saturated carbocycles. The minimum absolute atomic E-state index is 0.222. The number of hydrogen-bond donors (Lipinski definition) is 1. The number of nitrogens with zero attached hydrogens (tertiary/aromatic N) is 2. The van der Waals surface area contributed by atoms with Gasteiger partial charge in [0.05, 0.1) is 7.11 Å². The number of ether oxygens (including phenoxy) is 1. The van der Waals surface area contributed by atoms with Gasteiger partial charge >= 0.3 is 6.09 Å².